The molecule has 0 amide bonds. The van der Waals surface area contributed by atoms with Gasteiger partial charge in [0.2, 0.25) is 0 Å². The van der Waals surface area contributed by atoms with Crippen molar-refractivity contribution in [3.8, 4) is 11.3 Å². The summed E-state index contributed by atoms with van der Waals surface area (Å²) in [7, 11) is 0. The summed E-state index contributed by atoms with van der Waals surface area (Å²) in [4.78, 5) is 0. The number of anilines is 1. The standard InChI is InChI=1S/C17H11Br2Cl2NO/c18-10-1-4-13(14(19)7-10)17-6-3-12(23-17)9-22-16-8-11(20)2-5-15(16)21/h1-8,22H,9H2. The number of furan rings is 1. The zero-order valence-electron chi connectivity index (χ0n) is 11.7. The maximum Gasteiger partial charge on any atom is 0.135 e. The molecule has 3 aromatic rings. The molecule has 0 radical (unpaired) electrons. The van der Waals surface area contributed by atoms with E-state index < -0.39 is 0 Å². The molecule has 1 aromatic heterocycles. The summed E-state index contributed by atoms with van der Waals surface area (Å²) < 4.78 is 7.88. The van der Waals surface area contributed by atoms with Crippen molar-refractivity contribution in [2.24, 2.45) is 0 Å². The van der Waals surface area contributed by atoms with Gasteiger partial charge in [0.05, 0.1) is 17.3 Å². The van der Waals surface area contributed by atoms with E-state index in [2.05, 4.69) is 37.2 Å². The molecule has 0 unspecified atom stereocenters. The van der Waals surface area contributed by atoms with Gasteiger partial charge in [-0.1, -0.05) is 39.1 Å². The highest BCUT2D eigenvalue weighted by Gasteiger charge is 2.09. The van der Waals surface area contributed by atoms with Crippen molar-refractivity contribution >= 4 is 60.7 Å². The lowest BCUT2D eigenvalue weighted by Crippen LogP contribution is -1.98. The third-order valence-corrected chi connectivity index (χ3v) is 4.95. The number of hydrogen-bond acceptors (Lipinski definition) is 2. The first-order chi connectivity index (χ1) is 11.0. The van der Waals surface area contributed by atoms with Crippen LogP contribution < -0.4 is 5.32 Å². The van der Waals surface area contributed by atoms with E-state index in [1.165, 1.54) is 0 Å². The Morgan fingerprint density at radius 2 is 1.78 bits per heavy atom. The fraction of sp³-hybridized carbons (Fsp3) is 0.0588. The van der Waals surface area contributed by atoms with E-state index in [-0.39, 0.29) is 0 Å². The van der Waals surface area contributed by atoms with Crippen molar-refractivity contribution in [3.05, 3.63) is 73.3 Å². The predicted molar refractivity (Wildman–Crippen MR) is 103 cm³/mol. The van der Waals surface area contributed by atoms with Gasteiger partial charge in [0, 0.05) is 19.5 Å². The van der Waals surface area contributed by atoms with E-state index in [1.54, 1.807) is 18.2 Å². The largest absolute Gasteiger partial charge is 0.459 e. The van der Waals surface area contributed by atoms with E-state index in [0.717, 1.165) is 31.7 Å². The monoisotopic (exact) mass is 473 g/mol. The molecule has 0 atom stereocenters. The average molecular weight is 476 g/mol. The van der Waals surface area contributed by atoms with Crippen molar-refractivity contribution in [2.75, 3.05) is 5.32 Å². The molecule has 1 N–H and O–H groups in total. The van der Waals surface area contributed by atoms with E-state index in [4.69, 9.17) is 27.6 Å². The molecule has 0 saturated heterocycles. The molecular weight excluding hydrogens is 465 g/mol. The summed E-state index contributed by atoms with van der Waals surface area (Å²) >= 11 is 19.1. The van der Waals surface area contributed by atoms with Crippen LogP contribution in [-0.2, 0) is 6.54 Å². The van der Waals surface area contributed by atoms with Gasteiger partial charge in [0.1, 0.15) is 11.5 Å². The second kappa shape index (κ2) is 7.31. The zero-order chi connectivity index (χ0) is 16.4. The fourth-order valence-electron chi connectivity index (χ4n) is 2.12. The summed E-state index contributed by atoms with van der Waals surface area (Å²) in [6, 6.07) is 15.2. The Labute approximate surface area is 161 Å². The number of benzene rings is 2. The highest BCUT2D eigenvalue weighted by Crippen LogP contribution is 2.32. The molecule has 0 bridgehead atoms. The highest BCUT2D eigenvalue weighted by atomic mass is 79.9. The van der Waals surface area contributed by atoms with Gasteiger partial charge < -0.3 is 9.73 Å². The Kier molecular flexibility index (Phi) is 5.37. The van der Waals surface area contributed by atoms with Gasteiger partial charge >= 0.3 is 0 Å². The SMILES string of the molecule is Clc1ccc(Cl)c(NCc2ccc(-c3ccc(Br)cc3Br)o2)c1. The topological polar surface area (TPSA) is 25.2 Å². The van der Waals surface area contributed by atoms with Crippen LogP contribution in [0.4, 0.5) is 5.69 Å². The highest BCUT2D eigenvalue weighted by molar-refractivity contribution is 9.11. The zero-order valence-corrected chi connectivity index (χ0v) is 16.4. The van der Waals surface area contributed by atoms with Crippen molar-refractivity contribution in [2.45, 2.75) is 6.54 Å². The molecule has 23 heavy (non-hydrogen) atoms. The minimum atomic E-state index is 0.522. The molecule has 0 fully saturated rings. The summed E-state index contributed by atoms with van der Waals surface area (Å²) in [5.41, 5.74) is 1.78. The Morgan fingerprint density at radius 3 is 2.57 bits per heavy atom. The third kappa shape index (κ3) is 4.13. The number of nitrogens with one attached hydrogen (secondary N) is 1. The molecule has 118 valence electrons. The van der Waals surface area contributed by atoms with Crippen LogP contribution in [0.5, 0.6) is 0 Å². The molecule has 0 aliphatic carbocycles. The Bertz CT molecular complexity index is 848. The quantitative estimate of drug-likeness (QED) is 0.425. The third-order valence-electron chi connectivity index (χ3n) is 3.24. The lowest BCUT2D eigenvalue weighted by Gasteiger charge is -2.07. The summed E-state index contributed by atoms with van der Waals surface area (Å²) in [6.07, 6.45) is 0. The molecule has 2 aromatic carbocycles. The summed E-state index contributed by atoms with van der Waals surface area (Å²) in [5, 5.41) is 4.49. The van der Waals surface area contributed by atoms with Gasteiger partial charge in [-0.25, -0.2) is 0 Å². The van der Waals surface area contributed by atoms with Crippen molar-refractivity contribution in [1.29, 1.82) is 0 Å². The van der Waals surface area contributed by atoms with Gasteiger partial charge in [-0.3, -0.25) is 0 Å². The smallest absolute Gasteiger partial charge is 0.135 e. The van der Waals surface area contributed by atoms with Crippen LogP contribution in [-0.4, -0.2) is 0 Å². The first-order valence-electron chi connectivity index (χ1n) is 6.76. The van der Waals surface area contributed by atoms with E-state index in [0.29, 0.717) is 16.6 Å². The second-order valence-corrected chi connectivity index (χ2v) is 7.48. The molecule has 6 heteroatoms. The Morgan fingerprint density at radius 1 is 0.957 bits per heavy atom. The number of rotatable bonds is 4. The van der Waals surface area contributed by atoms with Crippen LogP contribution >= 0.6 is 55.1 Å². The van der Waals surface area contributed by atoms with Gasteiger partial charge in [-0.05, 0) is 64.5 Å². The number of hydrogen-bond donors (Lipinski definition) is 1. The predicted octanol–water partition coefficient (Wildman–Crippen LogP) is 7.39. The van der Waals surface area contributed by atoms with Crippen LogP contribution in [0.2, 0.25) is 10.0 Å². The average Bonchev–Trinajstić information content (AvgIpc) is 2.97. The van der Waals surface area contributed by atoms with Crippen LogP contribution in [0.1, 0.15) is 5.76 Å². The second-order valence-electron chi connectivity index (χ2n) is 4.87. The molecule has 1 heterocycles. The molecule has 0 aliphatic rings. The summed E-state index contributed by atoms with van der Waals surface area (Å²) in [5.74, 6) is 1.62. The van der Waals surface area contributed by atoms with Gasteiger partial charge in [0.25, 0.3) is 0 Å². The summed E-state index contributed by atoms with van der Waals surface area (Å²) in [6.45, 7) is 0.522. The maximum atomic E-state index is 6.14. The number of halogens is 4. The lowest BCUT2D eigenvalue weighted by molar-refractivity contribution is 0.531. The fourth-order valence-corrected chi connectivity index (χ4v) is 3.72. The Hall–Kier alpha value is -0.940. The first kappa shape index (κ1) is 16.9. The normalized spacial score (nSPS) is 10.8. The minimum Gasteiger partial charge on any atom is -0.459 e. The van der Waals surface area contributed by atoms with Crippen LogP contribution in [0.25, 0.3) is 11.3 Å². The van der Waals surface area contributed by atoms with Crippen molar-refractivity contribution in [1.82, 2.24) is 0 Å². The minimum absolute atomic E-state index is 0.522. The first-order valence-corrected chi connectivity index (χ1v) is 9.10. The van der Waals surface area contributed by atoms with E-state index in [9.17, 15) is 0 Å². The molecule has 0 saturated carbocycles. The van der Waals surface area contributed by atoms with Crippen LogP contribution in [0.3, 0.4) is 0 Å². The molecule has 3 rings (SSSR count). The van der Waals surface area contributed by atoms with Gasteiger partial charge in [-0.2, -0.15) is 0 Å². The molecule has 0 spiro atoms. The maximum absolute atomic E-state index is 6.14. The van der Waals surface area contributed by atoms with E-state index in [1.807, 2.05) is 30.3 Å². The van der Waals surface area contributed by atoms with Gasteiger partial charge in [0.15, 0.2) is 0 Å². The molecule has 0 aliphatic heterocycles. The van der Waals surface area contributed by atoms with Crippen molar-refractivity contribution < 1.29 is 4.42 Å². The van der Waals surface area contributed by atoms with Gasteiger partial charge in [-0.15, -0.1) is 0 Å². The molecular formula is C17H11Br2Cl2NO. The van der Waals surface area contributed by atoms with E-state index >= 15 is 0 Å². The van der Waals surface area contributed by atoms with Crippen LogP contribution in [0.15, 0.2) is 61.9 Å². The molecule has 2 nitrogen and oxygen atoms in total. The Balaban J connectivity index is 1.76. The van der Waals surface area contributed by atoms with Crippen LogP contribution in [0, 0.1) is 0 Å². The van der Waals surface area contributed by atoms with Crippen molar-refractivity contribution in [3.63, 3.8) is 0 Å². The lowest BCUT2D eigenvalue weighted by atomic mass is 10.2.